The van der Waals surface area contributed by atoms with Crippen LogP contribution in [0.25, 0.3) is 10.2 Å². The first kappa shape index (κ1) is 9.08. The molecule has 0 saturated carbocycles. The van der Waals surface area contributed by atoms with Crippen molar-refractivity contribution in [2.45, 2.75) is 13.3 Å². The van der Waals surface area contributed by atoms with Crippen LogP contribution in [0.15, 0.2) is 12.3 Å². The van der Waals surface area contributed by atoms with Crippen molar-refractivity contribution in [1.29, 1.82) is 0 Å². The van der Waals surface area contributed by atoms with E-state index in [4.69, 9.17) is 5.11 Å². The Balaban J connectivity index is 2.60. The lowest BCUT2D eigenvalue weighted by Gasteiger charge is -1.92. The molecule has 72 valence electrons. The molecule has 0 fully saturated rings. The van der Waals surface area contributed by atoms with Crippen molar-refractivity contribution in [2.75, 3.05) is 0 Å². The highest BCUT2D eigenvalue weighted by molar-refractivity contribution is 7.20. The van der Waals surface area contributed by atoms with Gasteiger partial charge in [0.1, 0.15) is 15.5 Å². The van der Waals surface area contributed by atoms with Gasteiger partial charge in [-0.05, 0) is 6.07 Å². The van der Waals surface area contributed by atoms with Gasteiger partial charge in [-0.1, -0.05) is 6.92 Å². The maximum absolute atomic E-state index is 10.7. The van der Waals surface area contributed by atoms with E-state index >= 15 is 0 Å². The number of hydrogen-bond acceptors (Lipinski definition) is 4. The van der Waals surface area contributed by atoms with Crippen LogP contribution in [-0.4, -0.2) is 21.0 Å². The lowest BCUT2D eigenvalue weighted by Crippen LogP contribution is -1.89. The van der Waals surface area contributed by atoms with E-state index in [1.165, 1.54) is 11.3 Å². The van der Waals surface area contributed by atoms with Crippen LogP contribution in [0.5, 0.6) is 0 Å². The predicted octanol–water partition coefficient (Wildman–Crippen LogP) is 1.95. The van der Waals surface area contributed by atoms with E-state index in [-0.39, 0.29) is 0 Å². The number of aromatic nitrogens is 2. The third-order valence-corrected chi connectivity index (χ3v) is 2.88. The molecule has 0 spiro atoms. The van der Waals surface area contributed by atoms with Crippen LogP contribution in [0.1, 0.15) is 22.4 Å². The van der Waals surface area contributed by atoms with E-state index in [2.05, 4.69) is 9.97 Å². The highest BCUT2D eigenvalue weighted by Crippen LogP contribution is 2.23. The van der Waals surface area contributed by atoms with Gasteiger partial charge in [0.15, 0.2) is 0 Å². The van der Waals surface area contributed by atoms with Crippen LogP contribution in [0, 0.1) is 0 Å². The van der Waals surface area contributed by atoms with E-state index in [0.29, 0.717) is 4.88 Å². The molecule has 0 atom stereocenters. The Morgan fingerprint density at radius 2 is 2.43 bits per heavy atom. The van der Waals surface area contributed by atoms with Gasteiger partial charge >= 0.3 is 5.97 Å². The zero-order chi connectivity index (χ0) is 10.1. The molecule has 0 unspecified atom stereocenters. The van der Waals surface area contributed by atoms with Crippen LogP contribution < -0.4 is 0 Å². The summed E-state index contributed by atoms with van der Waals surface area (Å²) >= 11 is 1.18. The summed E-state index contributed by atoms with van der Waals surface area (Å²) in [5.74, 6) is -0.165. The van der Waals surface area contributed by atoms with E-state index < -0.39 is 5.97 Å². The molecule has 2 aromatic heterocycles. The fourth-order valence-corrected chi connectivity index (χ4v) is 2.00. The van der Waals surface area contributed by atoms with E-state index in [0.717, 1.165) is 22.5 Å². The standard InChI is InChI=1S/C9H8N2O2S/c1-2-7-10-4-5-3-6(9(12)13)14-8(5)11-7/h3-4H,2H2,1H3,(H,12,13). The van der Waals surface area contributed by atoms with Crippen molar-refractivity contribution >= 4 is 27.5 Å². The van der Waals surface area contributed by atoms with Gasteiger partial charge in [0.25, 0.3) is 0 Å². The summed E-state index contributed by atoms with van der Waals surface area (Å²) in [6.45, 7) is 1.97. The van der Waals surface area contributed by atoms with Crippen molar-refractivity contribution in [1.82, 2.24) is 9.97 Å². The molecule has 2 aromatic rings. The molecule has 5 heteroatoms. The smallest absolute Gasteiger partial charge is 0.345 e. The van der Waals surface area contributed by atoms with Gasteiger partial charge in [-0.15, -0.1) is 11.3 Å². The molecule has 2 rings (SSSR count). The lowest BCUT2D eigenvalue weighted by molar-refractivity contribution is 0.0702. The first-order chi connectivity index (χ1) is 6.70. The first-order valence-corrected chi connectivity index (χ1v) is 5.01. The summed E-state index contributed by atoms with van der Waals surface area (Å²) in [6, 6.07) is 1.60. The molecule has 0 aliphatic rings. The Morgan fingerprint density at radius 1 is 1.64 bits per heavy atom. The summed E-state index contributed by atoms with van der Waals surface area (Å²) in [5, 5.41) is 9.57. The van der Waals surface area contributed by atoms with Crippen molar-refractivity contribution in [3.63, 3.8) is 0 Å². The van der Waals surface area contributed by atoms with E-state index in [1.807, 2.05) is 6.92 Å². The topological polar surface area (TPSA) is 63.1 Å². The van der Waals surface area contributed by atoms with Crippen molar-refractivity contribution in [3.05, 3.63) is 23.0 Å². The highest BCUT2D eigenvalue weighted by atomic mass is 32.1. The van der Waals surface area contributed by atoms with Gasteiger partial charge in [0.05, 0.1) is 0 Å². The molecule has 0 bridgehead atoms. The molecule has 0 radical (unpaired) electrons. The minimum Gasteiger partial charge on any atom is -0.477 e. The van der Waals surface area contributed by atoms with Gasteiger partial charge < -0.3 is 5.11 Å². The Labute approximate surface area is 84.2 Å². The second-order valence-corrected chi connectivity index (χ2v) is 3.85. The normalized spacial score (nSPS) is 10.6. The maximum Gasteiger partial charge on any atom is 0.345 e. The Morgan fingerprint density at radius 3 is 3.07 bits per heavy atom. The lowest BCUT2D eigenvalue weighted by atomic mass is 10.3. The van der Waals surface area contributed by atoms with Gasteiger partial charge in [0, 0.05) is 18.0 Å². The summed E-state index contributed by atoms with van der Waals surface area (Å²) in [4.78, 5) is 20.1. The molecule has 0 aliphatic carbocycles. The number of nitrogens with zero attached hydrogens (tertiary/aromatic N) is 2. The zero-order valence-electron chi connectivity index (χ0n) is 7.52. The minimum atomic E-state index is -0.911. The van der Waals surface area contributed by atoms with Crippen LogP contribution in [-0.2, 0) is 6.42 Å². The maximum atomic E-state index is 10.7. The number of hydrogen-bond donors (Lipinski definition) is 1. The molecule has 0 amide bonds. The molecule has 2 heterocycles. The number of carboxylic acid groups (broad SMARTS) is 1. The SMILES string of the molecule is CCc1ncc2cc(C(=O)O)sc2n1. The molecular formula is C9H8N2O2S. The first-order valence-electron chi connectivity index (χ1n) is 4.19. The number of carboxylic acids is 1. The summed E-state index contributed by atoms with van der Waals surface area (Å²) in [5.41, 5.74) is 0. The van der Waals surface area contributed by atoms with Crippen LogP contribution in [0.2, 0.25) is 0 Å². The quantitative estimate of drug-likeness (QED) is 0.819. The van der Waals surface area contributed by atoms with E-state index in [1.54, 1.807) is 12.3 Å². The number of fused-ring (bicyclic) bond motifs is 1. The Bertz CT molecular complexity index is 493. The highest BCUT2D eigenvalue weighted by Gasteiger charge is 2.09. The summed E-state index contributed by atoms with van der Waals surface area (Å²) in [7, 11) is 0. The molecular weight excluding hydrogens is 200 g/mol. The average molecular weight is 208 g/mol. The molecule has 0 saturated heterocycles. The summed E-state index contributed by atoms with van der Waals surface area (Å²) in [6.07, 6.45) is 2.43. The summed E-state index contributed by atoms with van der Waals surface area (Å²) < 4.78 is 0. The third-order valence-electron chi connectivity index (χ3n) is 1.85. The Kier molecular flexibility index (Phi) is 2.17. The predicted molar refractivity (Wildman–Crippen MR) is 53.8 cm³/mol. The van der Waals surface area contributed by atoms with Gasteiger partial charge in [-0.25, -0.2) is 14.8 Å². The number of aryl methyl sites for hydroxylation is 1. The number of carbonyl (C=O) groups is 1. The molecule has 4 nitrogen and oxygen atoms in total. The number of rotatable bonds is 2. The minimum absolute atomic E-state index is 0.308. The fourth-order valence-electron chi connectivity index (χ4n) is 1.14. The number of thiophene rings is 1. The second-order valence-electron chi connectivity index (χ2n) is 2.82. The van der Waals surface area contributed by atoms with Gasteiger partial charge in [-0.3, -0.25) is 0 Å². The fraction of sp³-hybridized carbons (Fsp3) is 0.222. The number of aromatic carboxylic acids is 1. The van der Waals surface area contributed by atoms with Crippen LogP contribution >= 0.6 is 11.3 Å². The molecule has 0 aromatic carbocycles. The van der Waals surface area contributed by atoms with Crippen LogP contribution in [0.3, 0.4) is 0 Å². The van der Waals surface area contributed by atoms with Crippen molar-refractivity contribution in [2.24, 2.45) is 0 Å². The van der Waals surface area contributed by atoms with Crippen LogP contribution in [0.4, 0.5) is 0 Å². The largest absolute Gasteiger partial charge is 0.477 e. The monoisotopic (exact) mass is 208 g/mol. The van der Waals surface area contributed by atoms with Gasteiger partial charge in [-0.2, -0.15) is 0 Å². The molecule has 14 heavy (non-hydrogen) atoms. The second kappa shape index (κ2) is 3.34. The van der Waals surface area contributed by atoms with Crippen molar-refractivity contribution in [3.8, 4) is 0 Å². The average Bonchev–Trinajstić information content (AvgIpc) is 2.59. The zero-order valence-corrected chi connectivity index (χ0v) is 8.34. The Hall–Kier alpha value is -1.49. The van der Waals surface area contributed by atoms with E-state index in [9.17, 15) is 4.79 Å². The van der Waals surface area contributed by atoms with Crippen molar-refractivity contribution < 1.29 is 9.90 Å². The third kappa shape index (κ3) is 1.46. The molecule has 1 N–H and O–H groups in total. The molecule has 0 aliphatic heterocycles. The van der Waals surface area contributed by atoms with Gasteiger partial charge in [0.2, 0.25) is 0 Å².